The van der Waals surface area contributed by atoms with Crippen molar-refractivity contribution in [3.8, 4) is 11.1 Å². The first-order valence-corrected chi connectivity index (χ1v) is 15.7. The third-order valence-electron chi connectivity index (χ3n) is 9.58. The second-order valence-electron chi connectivity index (χ2n) is 12.3. The first kappa shape index (κ1) is 27.2. The van der Waals surface area contributed by atoms with Crippen LogP contribution in [0.1, 0.15) is 84.6 Å². The van der Waals surface area contributed by atoms with Crippen LogP contribution in [0.3, 0.4) is 0 Å². The van der Waals surface area contributed by atoms with Gasteiger partial charge in [0.25, 0.3) is 5.56 Å². The number of rotatable bonds is 6. The Kier molecular flexibility index (Phi) is 7.23. The van der Waals surface area contributed by atoms with Crippen LogP contribution in [-0.4, -0.2) is 27.3 Å². The predicted molar refractivity (Wildman–Crippen MR) is 167 cm³/mol. The summed E-state index contributed by atoms with van der Waals surface area (Å²) in [5, 5.41) is 0.684. The number of fused-ring (bicyclic) bond motifs is 1. The van der Waals surface area contributed by atoms with E-state index in [0.717, 1.165) is 41.1 Å². The summed E-state index contributed by atoms with van der Waals surface area (Å²) in [7, 11) is 0. The van der Waals surface area contributed by atoms with Crippen molar-refractivity contribution in [2.75, 3.05) is 6.54 Å². The monoisotopic (exact) mass is 577 g/mol. The SMILES string of the molecule is O=C(Cc1cccc(-c2cccc(Cl)c2)c1)N1CCc2nc(C3(c4cccc(C5CCCCC5)c4)CC3)[nH]c(=O)c2C1. The third-order valence-corrected chi connectivity index (χ3v) is 9.82. The maximum Gasteiger partial charge on any atom is 0.256 e. The number of H-pyrrole nitrogens is 1. The Morgan fingerprint density at radius 3 is 2.50 bits per heavy atom. The van der Waals surface area contributed by atoms with Gasteiger partial charge in [0.1, 0.15) is 5.82 Å². The summed E-state index contributed by atoms with van der Waals surface area (Å²) in [5.41, 5.74) is 6.87. The van der Waals surface area contributed by atoms with Gasteiger partial charge in [-0.1, -0.05) is 91.5 Å². The van der Waals surface area contributed by atoms with Crippen LogP contribution in [0.15, 0.2) is 77.6 Å². The fourth-order valence-electron chi connectivity index (χ4n) is 6.99. The second-order valence-corrected chi connectivity index (χ2v) is 12.8. The van der Waals surface area contributed by atoms with E-state index in [2.05, 4.69) is 29.2 Å². The van der Waals surface area contributed by atoms with Gasteiger partial charge in [0.2, 0.25) is 5.91 Å². The molecule has 1 N–H and O–H groups in total. The highest BCUT2D eigenvalue weighted by atomic mass is 35.5. The number of nitrogens with zero attached hydrogens (tertiary/aromatic N) is 2. The first-order chi connectivity index (χ1) is 20.5. The maximum atomic E-state index is 13.4. The van der Waals surface area contributed by atoms with Crippen LogP contribution >= 0.6 is 11.6 Å². The zero-order chi connectivity index (χ0) is 28.7. The zero-order valence-electron chi connectivity index (χ0n) is 23.9. The first-order valence-electron chi connectivity index (χ1n) is 15.3. The summed E-state index contributed by atoms with van der Waals surface area (Å²) in [5.74, 6) is 1.46. The van der Waals surface area contributed by atoms with Crippen molar-refractivity contribution in [1.29, 1.82) is 0 Å². The Bertz CT molecular complexity index is 1700. The van der Waals surface area contributed by atoms with Crippen molar-refractivity contribution < 1.29 is 4.79 Å². The van der Waals surface area contributed by atoms with Crippen LogP contribution < -0.4 is 5.56 Å². The van der Waals surface area contributed by atoms with Crippen molar-refractivity contribution in [1.82, 2.24) is 14.9 Å². The van der Waals surface area contributed by atoms with Gasteiger partial charge in [-0.2, -0.15) is 0 Å². The molecular formula is C36H36ClN3O2. The number of hydrogen-bond donors (Lipinski definition) is 1. The largest absolute Gasteiger partial charge is 0.337 e. The summed E-state index contributed by atoms with van der Waals surface area (Å²) in [6.45, 7) is 0.870. The molecule has 5 nitrogen and oxygen atoms in total. The smallest absolute Gasteiger partial charge is 0.256 e. The minimum Gasteiger partial charge on any atom is -0.337 e. The summed E-state index contributed by atoms with van der Waals surface area (Å²) in [6.07, 6.45) is 9.40. The van der Waals surface area contributed by atoms with Crippen molar-refractivity contribution >= 4 is 17.5 Å². The van der Waals surface area contributed by atoms with Crippen LogP contribution in [-0.2, 0) is 29.6 Å². The second kappa shape index (κ2) is 11.2. The molecule has 1 aromatic heterocycles. The van der Waals surface area contributed by atoms with Gasteiger partial charge >= 0.3 is 0 Å². The summed E-state index contributed by atoms with van der Waals surface area (Å²) in [4.78, 5) is 36.8. The van der Waals surface area contributed by atoms with Crippen LogP contribution in [0.25, 0.3) is 11.1 Å². The molecule has 3 aliphatic rings. The number of hydrogen-bond acceptors (Lipinski definition) is 3. The lowest BCUT2D eigenvalue weighted by Crippen LogP contribution is -2.41. The number of carbonyl (C=O) groups excluding carboxylic acids is 1. The van der Waals surface area contributed by atoms with Gasteiger partial charge in [-0.05, 0) is 71.6 Å². The number of nitrogens with one attached hydrogen (secondary N) is 1. The number of aromatic nitrogens is 2. The molecule has 2 fully saturated rings. The van der Waals surface area contributed by atoms with Crippen molar-refractivity contribution in [2.24, 2.45) is 0 Å². The van der Waals surface area contributed by atoms with Crippen LogP contribution in [0, 0.1) is 0 Å². The lowest BCUT2D eigenvalue weighted by Gasteiger charge is -2.29. The third kappa shape index (κ3) is 5.31. The number of halogens is 1. The summed E-state index contributed by atoms with van der Waals surface area (Å²) < 4.78 is 0. The zero-order valence-corrected chi connectivity index (χ0v) is 24.6. The van der Waals surface area contributed by atoms with Gasteiger partial charge in [0.05, 0.1) is 29.6 Å². The van der Waals surface area contributed by atoms with Crippen molar-refractivity contribution in [2.45, 2.75) is 75.7 Å². The van der Waals surface area contributed by atoms with Crippen LogP contribution in [0.4, 0.5) is 0 Å². The van der Waals surface area contributed by atoms with Gasteiger partial charge in [0.15, 0.2) is 0 Å². The van der Waals surface area contributed by atoms with Crippen LogP contribution in [0.2, 0.25) is 5.02 Å². The van der Waals surface area contributed by atoms with Gasteiger partial charge < -0.3 is 9.88 Å². The van der Waals surface area contributed by atoms with E-state index >= 15 is 0 Å². The minimum atomic E-state index is -0.195. The minimum absolute atomic E-state index is 0.0190. The fourth-order valence-corrected chi connectivity index (χ4v) is 7.18. The molecule has 0 atom stereocenters. The molecule has 0 unspecified atom stereocenters. The molecule has 3 aromatic carbocycles. The molecular weight excluding hydrogens is 542 g/mol. The number of benzene rings is 3. The highest BCUT2D eigenvalue weighted by Gasteiger charge is 2.49. The van der Waals surface area contributed by atoms with E-state index in [4.69, 9.17) is 16.6 Å². The molecule has 1 aliphatic heterocycles. The normalized spacial score (nSPS) is 18.0. The van der Waals surface area contributed by atoms with E-state index in [1.807, 2.05) is 48.5 Å². The van der Waals surface area contributed by atoms with Gasteiger partial charge in [-0.15, -0.1) is 0 Å². The van der Waals surface area contributed by atoms with Crippen molar-refractivity contribution in [3.63, 3.8) is 0 Å². The molecule has 0 radical (unpaired) electrons. The van der Waals surface area contributed by atoms with Crippen molar-refractivity contribution in [3.05, 3.63) is 122 Å². The lowest BCUT2D eigenvalue weighted by atomic mass is 9.82. The number of aromatic amines is 1. The topological polar surface area (TPSA) is 66.1 Å². The van der Waals surface area contributed by atoms with E-state index in [0.29, 0.717) is 36.0 Å². The average molecular weight is 578 g/mol. The molecule has 2 saturated carbocycles. The molecule has 0 bridgehead atoms. The highest BCUT2D eigenvalue weighted by molar-refractivity contribution is 6.30. The molecule has 214 valence electrons. The molecule has 0 spiro atoms. The Morgan fingerprint density at radius 1 is 0.952 bits per heavy atom. The van der Waals surface area contributed by atoms with E-state index in [1.54, 1.807) is 4.90 Å². The summed E-state index contributed by atoms with van der Waals surface area (Å²) in [6, 6.07) is 24.8. The van der Waals surface area contributed by atoms with Gasteiger partial charge in [-0.25, -0.2) is 4.98 Å². The molecule has 2 aliphatic carbocycles. The standard InChI is InChI=1S/C36H36ClN3O2/c37-30-14-6-12-28(22-30)26-10-4-7-24(19-26)20-33(41)40-18-15-32-31(23-40)34(42)39-35(38-32)36(16-17-36)29-13-5-11-27(21-29)25-8-2-1-3-9-25/h4-7,10-14,19,21-22,25H,1-3,8-9,15-18,20,23H2,(H,38,39,42). The number of amides is 1. The summed E-state index contributed by atoms with van der Waals surface area (Å²) >= 11 is 6.19. The average Bonchev–Trinajstić information content (AvgIpc) is 3.84. The quantitative estimate of drug-likeness (QED) is 0.261. The van der Waals surface area contributed by atoms with Gasteiger partial charge in [0, 0.05) is 18.0 Å². The Hall–Kier alpha value is -3.70. The molecule has 42 heavy (non-hydrogen) atoms. The molecule has 0 saturated heterocycles. The molecule has 7 rings (SSSR count). The Morgan fingerprint density at radius 2 is 1.71 bits per heavy atom. The fraction of sp³-hybridized carbons (Fsp3) is 0.361. The predicted octanol–water partition coefficient (Wildman–Crippen LogP) is 7.35. The van der Waals surface area contributed by atoms with E-state index < -0.39 is 0 Å². The number of carbonyl (C=O) groups is 1. The van der Waals surface area contributed by atoms with Gasteiger partial charge in [-0.3, -0.25) is 9.59 Å². The lowest BCUT2D eigenvalue weighted by molar-refractivity contribution is -0.131. The Labute approximate surface area is 252 Å². The Balaban J connectivity index is 1.08. The maximum absolute atomic E-state index is 13.4. The van der Waals surface area contributed by atoms with E-state index in [1.165, 1.54) is 43.2 Å². The molecule has 1 amide bonds. The molecule has 4 aromatic rings. The molecule has 6 heteroatoms. The van der Waals surface area contributed by atoms with E-state index in [9.17, 15) is 9.59 Å². The highest BCUT2D eigenvalue weighted by Crippen LogP contribution is 2.52. The van der Waals surface area contributed by atoms with Crippen LogP contribution in [0.5, 0.6) is 0 Å². The molecule has 2 heterocycles. The van der Waals surface area contributed by atoms with E-state index in [-0.39, 0.29) is 23.3 Å².